The van der Waals surface area contributed by atoms with Crippen molar-refractivity contribution in [3.05, 3.63) is 72.3 Å². The number of nitrogens with zero attached hydrogens (tertiary/aromatic N) is 2. The average Bonchev–Trinajstić information content (AvgIpc) is 2.55. The summed E-state index contributed by atoms with van der Waals surface area (Å²) in [5, 5.41) is 9.87. The number of fused-ring (bicyclic) bond motifs is 1. The van der Waals surface area contributed by atoms with Crippen LogP contribution in [0.2, 0.25) is 0 Å². The first-order valence-corrected chi connectivity index (χ1v) is 6.94. The van der Waals surface area contributed by atoms with E-state index in [4.69, 9.17) is 11.5 Å². The van der Waals surface area contributed by atoms with Gasteiger partial charge in [-0.15, -0.1) is 5.10 Å². The first-order chi connectivity index (χ1) is 10.7. The Labute approximate surface area is 128 Å². The number of nitrogens with two attached hydrogens (primary N) is 2. The second kappa shape index (κ2) is 6.10. The van der Waals surface area contributed by atoms with Crippen LogP contribution in [0.1, 0.15) is 5.56 Å². The molecule has 108 valence electrons. The highest BCUT2D eigenvalue weighted by Crippen LogP contribution is 2.28. The molecule has 3 aromatic carbocycles. The summed E-state index contributed by atoms with van der Waals surface area (Å²) in [6.07, 6.45) is 1.62. The first-order valence-electron chi connectivity index (χ1n) is 6.94. The van der Waals surface area contributed by atoms with Crippen LogP contribution in [0.5, 0.6) is 0 Å². The zero-order valence-electron chi connectivity index (χ0n) is 12.0. The molecule has 0 radical (unpaired) electrons. The van der Waals surface area contributed by atoms with Crippen molar-refractivity contribution >= 4 is 22.9 Å². The topological polar surface area (TPSA) is 76.8 Å². The molecular formula is C18H16N4. The molecule has 3 aromatic rings. The van der Waals surface area contributed by atoms with E-state index in [9.17, 15) is 0 Å². The number of hydrogen-bond acceptors (Lipinski definition) is 2. The molecule has 0 saturated carbocycles. The van der Waals surface area contributed by atoms with Gasteiger partial charge in [0.25, 0.3) is 0 Å². The maximum atomic E-state index is 5.22. The Hall–Kier alpha value is -3.14. The molecule has 0 aliphatic heterocycles. The fourth-order valence-corrected chi connectivity index (χ4v) is 2.39. The van der Waals surface area contributed by atoms with Crippen molar-refractivity contribution in [2.75, 3.05) is 0 Å². The standard InChI is InChI=1S/C18H16N4/c19-18(20)22-21-12-13-8-10-15(11-9-13)17-7-3-5-14-4-1-2-6-16(14)17/h1-12H,(H4,19,20,22). The van der Waals surface area contributed by atoms with Gasteiger partial charge in [-0.2, -0.15) is 5.10 Å². The molecule has 0 heterocycles. The van der Waals surface area contributed by atoms with Gasteiger partial charge in [0.05, 0.1) is 6.21 Å². The molecule has 0 amide bonds. The van der Waals surface area contributed by atoms with Crippen molar-refractivity contribution < 1.29 is 0 Å². The van der Waals surface area contributed by atoms with Gasteiger partial charge >= 0.3 is 0 Å². The molecular weight excluding hydrogens is 272 g/mol. The monoisotopic (exact) mass is 288 g/mol. The van der Waals surface area contributed by atoms with Gasteiger partial charge in [0.15, 0.2) is 0 Å². The maximum absolute atomic E-state index is 5.22. The lowest BCUT2D eigenvalue weighted by atomic mass is 9.98. The van der Waals surface area contributed by atoms with E-state index in [0.717, 1.165) is 11.1 Å². The molecule has 0 atom stereocenters. The molecule has 0 spiro atoms. The fraction of sp³-hybridized carbons (Fsp3) is 0. The minimum atomic E-state index is -0.0522. The molecule has 4 N–H and O–H groups in total. The van der Waals surface area contributed by atoms with E-state index in [-0.39, 0.29) is 5.96 Å². The van der Waals surface area contributed by atoms with Gasteiger partial charge in [-0.25, -0.2) is 0 Å². The Morgan fingerprint density at radius 3 is 2.32 bits per heavy atom. The van der Waals surface area contributed by atoms with Crippen LogP contribution in [0.15, 0.2) is 76.9 Å². The normalized spacial score (nSPS) is 10.9. The Morgan fingerprint density at radius 2 is 1.55 bits per heavy atom. The molecule has 0 unspecified atom stereocenters. The minimum absolute atomic E-state index is 0.0522. The van der Waals surface area contributed by atoms with Crippen LogP contribution < -0.4 is 11.5 Å². The van der Waals surface area contributed by atoms with Crippen molar-refractivity contribution in [2.45, 2.75) is 0 Å². The Bertz CT molecular complexity index is 839. The number of hydrogen-bond donors (Lipinski definition) is 2. The summed E-state index contributed by atoms with van der Waals surface area (Å²) in [7, 11) is 0. The maximum Gasteiger partial charge on any atom is 0.211 e. The van der Waals surface area contributed by atoms with Crippen LogP contribution in [0.25, 0.3) is 21.9 Å². The van der Waals surface area contributed by atoms with Crippen molar-refractivity contribution in [1.29, 1.82) is 0 Å². The van der Waals surface area contributed by atoms with Crippen LogP contribution in [0.4, 0.5) is 0 Å². The summed E-state index contributed by atoms with van der Waals surface area (Å²) in [6.45, 7) is 0. The lowest BCUT2D eigenvalue weighted by Gasteiger charge is -2.07. The van der Waals surface area contributed by atoms with E-state index in [1.165, 1.54) is 16.3 Å². The molecule has 3 rings (SSSR count). The molecule has 4 nitrogen and oxygen atoms in total. The van der Waals surface area contributed by atoms with E-state index in [1.807, 2.05) is 12.1 Å². The van der Waals surface area contributed by atoms with Gasteiger partial charge in [0.1, 0.15) is 0 Å². The van der Waals surface area contributed by atoms with Crippen molar-refractivity contribution in [3.63, 3.8) is 0 Å². The third-order valence-electron chi connectivity index (χ3n) is 3.39. The predicted molar refractivity (Wildman–Crippen MR) is 92.8 cm³/mol. The molecule has 0 aromatic heterocycles. The highest BCUT2D eigenvalue weighted by atomic mass is 15.3. The zero-order chi connectivity index (χ0) is 15.4. The molecule has 0 saturated heterocycles. The Balaban J connectivity index is 1.95. The van der Waals surface area contributed by atoms with Gasteiger partial charge in [0.2, 0.25) is 5.96 Å². The smallest absolute Gasteiger partial charge is 0.211 e. The summed E-state index contributed by atoms with van der Waals surface area (Å²) in [6, 6.07) is 22.8. The van der Waals surface area contributed by atoms with E-state index in [2.05, 4.69) is 64.8 Å². The van der Waals surface area contributed by atoms with Crippen LogP contribution >= 0.6 is 0 Å². The summed E-state index contributed by atoms with van der Waals surface area (Å²) in [5.74, 6) is -0.0522. The van der Waals surface area contributed by atoms with Crippen LogP contribution in [0.3, 0.4) is 0 Å². The minimum Gasteiger partial charge on any atom is -0.369 e. The number of benzene rings is 3. The van der Waals surface area contributed by atoms with Gasteiger partial charge in [-0.05, 0) is 27.5 Å². The highest BCUT2D eigenvalue weighted by Gasteiger charge is 2.02. The molecule has 0 aliphatic carbocycles. The summed E-state index contributed by atoms with van der Waals surface area (Å²) < 4.78 is 0. The Kier molecular flexibility index (Phi) is 3.83. The van der Waals surface area contributed by atoms with Crippen molar-refractivity contribution in [3.8, 4) is 11.1 Å². The van der Waals surface area contributed by atoms with E-state index < -0.39 is 0 Å². The summed E-state index contributed by atoms with van der Waals surface area (Å²) >= 11 is 0. The second-order valence-corrected chi connectivity index (χ2v) is 4.92. The number of guanidine groups is 1. The molecule has 0 aliphatic rings. The summed E-state index contributed by atoms with van der Waals surface area (Å²) in [5.41, 5.74) is 13.8. The largest absolute Gasteiger partial charge is 0.369 e. The van der Waals surface area contributed by atoms with Crippen molar-refractivity contribution in [1.82, 2.24) is 0 Å². The van der Waals surface area contributed by atoms with Gasteiger partial charge in [-0.3, -0.25) is 0 Å². The predicted octanol–water partition coefficient (Wildman–Crippen LogP) is 3.11. The van der Waals surface area contributed by atoms with Crippen molar-refractivity contribution in [2.24, 2.45) is 21.7 Å². The lowest BCUT2D eigenvalue weighted by molar-refractivity contribution is 1.21. The molecule has 4 heteroatoms. The Morgan fingerprint density at radius 1 is 0.818 bits per heavy atom. The lowest BCUT2D eigenvalue weighted by Crippen LogP contribution is -2.21. The number of rotatable bonds is 3. The van der Waals surface area contributed by atoms with Crippen LogP contribution in [0, 0.1) is 0 Å². The van der Waals surface area contributed by atoms with Gasteiger partial charge < -0.3 is 11.5 Å². The van der Waals surface area contributed by atoms with Gasteiger partial charge in [0, 0.05) is 0 Å². The second-order valence-electron chi connectivity index (χ2n) is 4.92. The van der Waals surface area contributed by atoms with E-state index in [0.29, 0.717) is 0 Å². The quantitative estimate of drug-likeness (QED) is 0.441. The molecule has 0 bridgehead atoms. The van der Waals surface area contributed by atoms with Crippen LogP contribution in [-0.2, 0) is 0 Å². The molecule has 0 fully saturated rings. The third-order valence-corrected chi connectivity index (χ3v) is 3.39. The first kappa shape index (κ1) is 13.8. The summed E-state index contributed by atoms with van der Waals surface area (Å²) in [4.78, 5) is 0. The fourth-order valence-electron chi connectivity index (χ4n) is 2.39. The molecule has 22 heavy (non-hydrogen) atoms. The SMILES string of the molecule is NC(N)=NN=Cc1ccc(-c2cccc3ccccc23)cc1. The zero-order valence-corrected chi connectivity index (χ0v) is 12.0. The van der Waals surface area contributed by atoms with Crippen LogP contribution in [-0.4, -0.2) is 12.2 Å². The van der Waals surface area contributed by atoms with Gasteiger partial charge in [-0.1, -0.05) is 66.7 Å². The highest BCUT2D eigenvalue weighted by molar-refractivity contribution is 5.97. The average molecular weight is 288 g/mol. The van der Waals surface area contributed by atoms with E-state index >= 15 is 0 Å². The third kappa shape index (κ3) is 2.96. The van der Waals surface area contributed by atoms with E-state index in [1.54, 1.807) is 6.21 Å².